The van der Waals surface area contributed by atoms with Crippen molar-refractivity contribution in [1.82, 2.24) is 14.8 Å². The number of fused-ring (bicyclic) bond motifs is 1. The average Bonchev–Trinajstić information content (AvgIpc) is 3.11. The number of carbonyl (C=O) groups is 1. The average molecular weight is 380 g/mol. The monoisotopic (exact) mass is 379 g/mol. The summed E-state index contributed by atoms with van der Waals surface area (Å²) in [7, 11) is 0. The highest BCUT2D eigenvalue weighted by Crippen LogP contribution is 2.35. The molecule has 4 rings (SSSR count). The minimum Gasteiger partial charge on any atom is -0.328 e. The Morgan fingerprint density at radius 1 is 1.15 bits per heavy atom. The first-order valence-corrected chi connectivity index (χ1v) is 8.92. The van der Waals surface area contributed by atoms with Gasteiger partial charge in [0.1, 0.15) is 12.4 Å². The largest absolute Gasteiger partial charge is 0.328 e. The van der Waals surface area contributed by atoms with E-state index in [1.807, 2.05) is 62.4 Å². The van der Waals surface area contributed by atoms with Gasteiger partial charge in [-0.2, -0.15) is 10.1 Å². The molecule has 0 saturated heterocycles. The second-order valence-corrected chi connectivity index (χ2v) is 6.85. The number of hydrogen-bond acceptors (Lipinski definition) is 4. The minimum absolute atomic E-state index is 0.185. The second kappa shape index (κ2) is 6.89. The number of halogens is 1. The zero-order valence-corrected chi connectivity index (χ0v) is 15.7. The summed E-state index contributed by atoms with van der Waals surface area (Å²) in [5, 5.41) is 11.1. The van der Waals surface area contributed by atoms with Gasteiger partial charge in [-0.15, -0.1) is 0 Å². The molecule has 0 saturated carbocycles. The van der Waals surface area contributed by atoms with Gasteiger partial charge in [0.25, 0.3) is 5.91 Å². The molecule has 1 aromatic heterocycles. The molecular weight excluding hydrogens is 362 g/mol. The molecule has 0 fully saturated rings. The third kappa shape index (κ3) is 3.19. The van der Waals surface area contributed by atoms with Crippen molar-refractivity contribution in [1.29, 1.82) is 0 Å². The highest BCUT2D eigenvalue weighted by atomic mass is 35.5. The minimum atomic E-state index is -0.398. The van der Waals surface area contributed by atoms with Crippen molar-refractivity contribution in [2.24, 2.45) is 0 Å². The number of hydrogen-bond donors (Lipinski definition) is 2. The van der Waals surface area contributed by atoms with Gasteiger partial charge in [0.15, 0.2) is 0 Å². The smallest absolute Gasteiger partial charge is 0.255 e. The van der Waals surface area contributed by atoms with E-state index in [2.05, 4.69) is 20.7 Å². The number of allylic oxidation sites excluding steroid dienone is 1. The van der Waals surface area contributed by atoms with E-state index in [0.717, 1.165) is 22.5 Å². The Bertz CT molecular complexity index is 1040. The van der Waals surface area contributed by atoms with Gasteiger partial charge in [-0.3, -0.25) is 4.79 Å². The number of aromatic nitrogens is 3. The Kier molecular flexibility index (Phi) is 4.41. The summed E-state index contributed by atoms with van der Waals surface area (Å²) in [5.74, 6) is 0.412. The van der Waals surface area contributed by atoms with Crippen molar-refractivity contribution >= 4 is 29.1 Å². The predicted octanol–water partition coefficient (Wildman–Crippen LogP) is 4.17. The van der Waals surface area contributed by atoms with Crippen molar-refractivity contribution in [2.75, 3.05) is 10.6 Å². The SMILES string of the molecule is CC1=C(C(=O)Nc2ccccc2C)C(c2ccc(Cl)cc2)n2ncnc2N1. The molecule has 1 aliphatic heterocycles. The molecule has 1 amide bonds. The van der Waals surface area contributed by atoms with Gasteiger partial charge in [-0.05, 0) is 43.2 Å². The Hall–Kier alpha value is -3.12. The molecule has 0 spiro atoms. The number of nitrogens with one attached hydrogen (secondary N) is 2. The van der Waals surface area contributed by atoms with Crippen LogP contribution in [-0.2, 0) is 4.79 Å². The molecule has 2 N–H and O–H groups in total. The van der Waals surface area contributed by atoms with Crippen LogP contribution < -0.4 is 10.6 Å². The molecular formula is C20H18ClN5O. The van der Waals surface area contributed by atoms with Gasteiger partial charge >= 0.3 is 0 Å². The van der Waals surface area contributed by atoms with Gasteiger partial charge in [0.2, 0.25) is 5.95 Å². The summed E-state index contributed by atoms with van der Waals surface area (Å²) in [4.78, 5) is 17.5. The van der Waals surface area contributed by atoms with E-state index in [4.69, 9.17) is 11.6 Å². The fraction of sp³-hybridized carbons (Fsp3) is 0.150. The first-order valence-electron chi connectivity index (χ1n) is 8.54. The number of anilines is 2. The highest BCUT2D eigenvalue weighted by molar-refractivity contribution is 6.30. The molecule has 0 radical (unpaired) electrons. The second-order valence-electron chi connectivity index (χ2n) is 6.42. The lowest BCUT2D eigenvalue weighted by atomic mass is 9.95. The Labute approximate surface area is 161 Å². The molecule has 1 unspecified atom stereocenters. The molecule has 136 valence electrons. The van der Waals surface area contributed by atoms with Gasteiger partial charge in [0, 0.05) is 16.4 Å². The number of amides is 1. The first kappa shape index (κ1) is 17.3. The van der Waals surface area contributed by atoms with Gasteiger partial charge in [-0.25, -0.2) is 4.68 Å². The molecule has 1 atom stereocenters. The van der Waals surface area contributed by atoms with Gasteiger partial charge in [0.05, 0.1) is 5.57 Å². The van der Waals surface area contributed by atoms with E-state index in [9.17, 15) is 4.79 Å². The van der Waals surface area contributed by atoms with Crippen molar-refractivity contribution in [2.45, 2.75) is 19.9 Å². The van der Waals surface area contributed by atoms with E-state index in [-0.39, 0.29) is 5.91 Å². The molecule has 3 aromatic rings. The molecule has 6 nitrogen and oxygen atoms in total. The standard InChI is InChI=1S/C20H18ClN5O/c1-12-5-3-4-6-16(12)25-19(27)17-13(2)24-20-22-11-23-26(20)18(17)14-7-9-15(21)10-8-14/h3-11,18H,1-2H3,(H,25,27)(H,22,23,24). The lowest BCUT2D eigenvalue weighted by molar-refractivity contribution is -0.113. The molecule has 1 aliphatic rings. The van der Waals surface area contributed by atoms with Crippen LogP contribution in [0.2, 0.25) is 5.02 Å². The van der Waals surface area contributed by atoms with E-state index in [0.29, 0.717) is 16.5 Å². The maximum Gasteiger partial charge on any atom is 0.255 e. The zero-order chi connectivity index (χ0) is 19.0. The summed E-state index contributed by atoms with van der Waals surface area (Å²) >= 11 is 6.04. The summed E-state index contributed by atoms with van der Waals surface area (Å²) in [6.07, 6.45) is 1.47. The van der Waals surface area contributed by atoms with E-state index < -0.39 is 6.04 Å². The van der Waals surface area contributed by atoms with Crippen LogP contribution in [0.4, 0.5) is 11.6 Å². The summed E-state index contributed by atoms with van der Waals surface area (Å²) in [5.41, 5.74) is 4.00. The molecule has 0 aliphatic carbocycles. The molecule has 0 bridgehead atoms. The molecule has 7 heteroatoms. The zero-order valence-electron chi connectivity index (χ0n) is 14.9. The Morgan fingerprint density at radius 3 is 2.63 bits per heavy atom. The van der Waals surface area contributed by atoms with Crippen LogP contribution in [-0.4, -0.2) is 20.7 Å². The lowest BCUT2D eigenvalue weighted by Crippen LogP contribution is -2.31. The first-order chi connectivity index (χ1) is 13.0. The number of rotatable bonds is 3. The van der Waals surface area contributed by atoms with Gasteiger partial charge in [-0.1, -0.05) is 41.9 Å². The third-order valence-electron chi connectivity index (χ3n) is 4.62. The predicted molar refractivity (Wildman–Crippen MR) is 106 cm³/mol. The number of carbonyl (C=O) groups excluding carboxylic acids is 1. The van der Waals surface area contributed by atoms with Gasteiger partial charge < -0.3 is 10.6 Å². The third-order valence-corrected chi connectivity index (χ3v) is 4.87. The van der Waals surface area contributed by atoms with Crippen LogP contribution >= 0.6 is 11.6 Å². The van der Waals surface area contributed by atoms with Crippen LogP contribution in [0.25, 0.3) is 0 Å². The molecule has 27 heavy (non-hydrogen) atoms. The van der Waals surface area contributed by atoms with Crippen molar-refractivity contribution in [3.63, 3.8) is 0 Å². The molecule has 2 heterocycles. The Morgan fingerprint density at radius 2 is 1.89 bits per heavy atom. The number of benzene rings is 2. The van der Waals surface area contributed by atoms with E-state index in [1.54, 1.807) is 4.68 Å². The van der Waals surface area contributed by atoms with Crippen LogP contribution in [0.5, 0.6) is 0 Å². The number of para-hydroxylation sites is 1. The summed E-state index contributed by atoms with van der Waals surface area (Å²) in [6.45, 7) is 3.83. The van der Waals surface area contributed by atoms with Crippen LogP contribution in [0.1, 0.15) is 24.1 Å². The van der Waals surface area contributed by atoms with Crippen LogP contribution in [0.3, 0.4) is 0 Å². The van der Waals surface area contributed by atoms with Crippen molar-refractivity contribution < 1.29 is 4.79 Å². The number of aryl methyl sites for hydroxylation is 1. The molecule has 2 aromatic carbocycles. The van der Waals surface area contributed by atoms with Crippen molar-refractivity contribution in [3.8, 4) is 0 Å². The fourth-order valence-corrected chi connectivity index (χ4v) is 3.37. The topological polar surface area (TPSA) is 71.8 Å². The van der Waals surface area contributed by atoms with Crippen molar-refractivity contribution in [3.05, 3.63) is 82.3 Å². The summed E-state index contributed by atoms with van der Waals surface area (Å²) < 4.78 is 1.71. The van der Waals surface area contributed by atoms with E-state index in [1.165, 1.54) is 6.33 Å². The Balaban J connectivity index is 1.77. The lowest BCUT2D eigenvalue weighted by Gasteiger charge is -2.29. The van der Waals surface area contributed by atoms with E-state index >= 15 is 0 Å². The van der Waals surface area contributed by atoms with Crippen LogP contribution in [0.15, 0.2) is 66.1 Å². The maximum atomic E-state index is 13.2. The highest BCUT2D eigenvalue weighted by Gasteiger charge is 2.33. The summed E-state index contributed by atoms with van der Waals surface area (Å²) in [6, 6.07) is 14.7. The quantitative estimate of drug-likeness (QED) is 0.716. The normalized spacial score (nSPS) is 15.9. The van der Waals surface area contributed by atoms with Crippen LogP contribution in [0, 0.1) is 6.92 Å². The number of nitrogens with zero attached hydrogens (tertiary/aromatic N) is 3. The maximum absolute atomic E-state index is 13.2. The fourth-order valence-electron chi connectivity index (χ4n) is 3.24.